The summed E-state index contributed by atoms with van der Waals surface area (Å²) in [5, 5.41) is 14.3. The Morgan fingerprint density at radius 1 is 1.31 bits per heavy atom. The molecular formula is C18H26N6O2. The molecule has 1 aliphatic carbocycles. The third kappa shape index (κ3) is 4.93. The van der Waals surface area contributed by atoms with Crippen LogP contribution in [0.3, 0.4) is 0 Å². The quantitative estimate of drug-likeness (QED) is 0.788. The van der Waals surface area contributed by atoms with Crippen molar-refractivity contribution in [1.82, 2.24) is 24.9 Å². The van der Waals surface area contributed by atoms with Crippen LogP contribution >= 0.6 is 0 Å². The number of amides is 2. The Morgan fingerprint density at radius 2 is 2.08 bits per heavy atom. The van der Waals surface area contributed by atoms with Crippen LogP contribution in [0.15, 0.2) is 24.7 Å². The topological polar surface area (TPSA) is 93.8 Å². The van der Waals surface area contributed by atoms with Gasteiger partial charge in [0.15, 0.2) is 0 Å². The van der Waals surface area contributed by atoms with E-state index >= 15 is 0 Å². The van der Waals surface area contributed by atoms with Gasteiger partial charge in [-0.05, 0) is 25.8 Å². The Hall–Kier alpha value is -2.64. The van der Waals surface area contributed by atoms with Crippen molar-refractivity contribution >= 4 is 17.5 Å². The second-order valence-electron chi connectivity index (χ2n) is 7.04. The van der Waals surface area contributed by atoms with Crippen LogP contribution in [0.2, 0.25) is 0 Å². The summed E-state index contributed by atoms with van der Waals surface area (Å²) in [6, 6.07) is 2.20. The van der Waals surface area contributed by atoms with E-state index in [-0.39, 0.29) is 24.3 Å². The maximum atomic E-state index is 12.3. The van der Waals surface area contributed by atoms with E-state index in [1.54, 1.807) is 21.8 Å². The second-order valence-corrected chi connectivity index (χ2v) is 7.04. The second kappa shape index (κ2) is 8.16. The predicted molar refractivity (Wildman–Crippen MR) is 97.4 cm³/mol. The number of carbonyl (C=O) groups excluding carboxylic acids is 2. The summed E-state index contributed by atoms with van der Waals surface area (Å²) in [5.74, 6) is -0.378. The molecular weight excluding hydrogens is 332 g/mol. The van der Waals surface area contributed by atoms with Gasteiger partial charge in [0, 0.05) is 18.4 Å². The van der Waals surface area contributed by atoms with Crippen molar-refractivity contribution < 1.29 is 9.59 Å². The van der Waals surface area contributed by atoms with Crippen LogP contribution in [0, 0.1) is 12.8 Å². The lowest BCUT2D eigenvalue weighted by Gasteiger charge is -2.12. The number of aromatic nitrogens is 4. The highest BCUT2D eigenvalue weighted by Crippen LogP contribution is 2.17. The van der Waals surface area contributed by atoms with Gasteiger partial charge in [0.05, 0.1) is 30.0 Å². The third-order valence-electron chi connectivity index (χ3n) is 4.61. The summed E-state index contributed by atoms with van der Waals surface area (Å²) >= 11 is 0. The molecule has 0 bridgehead atoms. The number of rotatable bonds is 7. The van der Waals surface area contributed by atoms with Crippen molar-refractivity contribution in [3.8, 4) is 0 Å². The van der Waals surface area contributed by atoms with E-state index in [4.69, 9.17) is 0 Å². The molecule has 2 heterocycles. The van der Waals surface area contributed by atoms with Gasteiger partial charge in [0.1, 0.15) is 6.54 Å². The van der Waals surface area contributed by atoms with Gasteiger partial charge in [0.2, 0.25) is 11.8 Å². The van der Waals surface area contributed by atoms with Crippen molar-refractivity contribution in [2.24, 2.45) is 5.92 Å². The number of hydrogen-bond acceptors (Lipinski definition) is 4. The first kappa shape index (κ1) is 18.2. The summed E-state index contributed by atoms with van der Waals surface area (Å²) in [6.45, 7) is 4.44. The zero-order chi connectivity index (χ0) is 18.5. The van der Waals surface area contributed by atoms with Crippen LogP contribution in [0.25, 0.3) is 0 Å². The molecule has 0 aromatic carbocycles. The third-order valence-corrected chi connectivity index (χ3v) is 4.61. The minimum absolute atomic E-state index is 0.0414. The molecule has 1 atom stereocenters. The molecule has 2 aromatic rings. The zero-order valence-electron chi connectivity index (χ0n) is 15.3. The average Bonchev–Trinajstić information content (AvgIpc) is 3.31. The molecule has 0 unspecified atom stereocenters. The first-order valence-corrected chi connectivity index (χ1v) is 9.12. The lowest BCUT2D eigenvalue weighted by Crippen LogP contribution is -2.35. The predicted octanol–water partition coefficient (Wildman–Crippen LogP) is 1.72. The van der Waals surface area contributed by atoms with Gasteiger partial charge in [-0.2, -0.15) is 10.2 Å². The molecule has 2 amide bonds. The first-order valence-electron chi connectivity index (χ1n) is 9.12. The number of aryl methyl sites for hydroxylation is 1. The molecule has 8 heteroatoms. The monoisotopic (exact) mass is 358 g/mol. The van der Waals surface area contributed by atoms with E-state index in [1.165, 1.54) is 12.8 Å². The SMILES string of the molecule is Cc1ccn(C[C@@H](C)C(=O)Nc2cnn(CC(=O)NC3CCCC3)c2)n1. The molecule has 26 heavy (non-hydrogen) atoms. The van der Waals surface area contributed by atoms with E-state index in [0.29, 0.717) is 18.3 Å². The highest BCUT2D eigenvalue weighted by molar-refractivity contribution is 5.92. The summed E-state index contributed by atoms with van der Waals surface area (Å²) in [5.41, 5.74) is 1.52. The standard InChI is InChI=1S/C18H26N6O2/c1-13(10-23-8-7-14(2)22-23)18(26)21-16-9-19-24(11-16)12-17(25)20-15-5-3-4-6-15/h7-9,11,13,15H,3-6,10,12H2,1-2H3,(H,20,25)(H,21,26)/t13-/m1/s1. The Morgan fingerprint density at radius 3 is 2.77 bits per heavy atom. The molecule has 3 rings (SSSR count). The lowest BCUT2D eigenvalue weighted by atomic mass is 10.1. The molecule has 0 spiro atoms. The lowest BCUT2D eigenvalue weighted by molar-refractivity contribution is -0.122. The zero-order valence-corrected chi connectivity index (χ0v) is 15.3. The number of nitrogens with one attached hydrogen (secondary N) is 2. The summed E-state index contributed by atoms with van der Waals surface area (Å²) in [6.07, 6.45) is 9.57. The van der Waals surface area contributed by atoms with Crippen molar-refractivity contribution in [3.05, 3.63) is 30.4 Å². The molecule has 2 N–H and O–H groups in total. The summed E-state index contributed by atoms with van der Waals surface area (Å²) < 4.78 is 3.30. The van der Waals surface area contributed by atoms with E-state index in [0.717, 1.165) is 18.5 Å². The minimum atomic E-state index is -0.233. The number of anilines is 1. The van der Waals surface area contributed by atoms with Crippen LogP contribution in [0.1, 0.15) is 38.3 Å². The average molecular weight is 358 g/mol. The Kier molecular flexibility index (Phi) is 5.70. The molecule has 8 nitrogen and oxygen atoms in total. The normalized spacial score (nSPS) is 15.8. The minimum Gasteiger partial charge on any atom is -0.352 e. The Bertz CT molecular complexity index is 759. The Labute approximate surface area is 152 Å². The van der Waals surface area contributed by atoms with Gasteiger partial charge >= 0.3 is 0 Å². The molecule has 140 valence electrons. The van der Waals surface area contributed by atoms with Crippen molar-refractivity contribution in [2.75, 3.05) is 5.32 Å². The van der Waals surface area contributed by atoms with Gasteiger partial charge < -0.3 is 10.6 Å². The van der Waals surface area contributed by atoms with Crippen LogP contribution in [-0.2, 0) is 22.7 Å². The summed E-state index contributed by atoms with van der Waals surface area (Å²) in [7, 11) is 0. The highest BCUT2D eigenvalue weighted by Gasteiger charge is 2.18. The first-order chi connectivity index (χ1) is 12.5. The van der Waals surface area contributed by atoms with E-state index in [1.807, 2.05) is 26.1 Å². The highest BCUT2D eigenvalue weighted by atomic mass is 16.2. The van der Waals surface area contributed by atoms with Gasteiger partial charge in [0.25, 0.3) is 0 Å². The van der Waals surface area contributed by atoms with E-state index in [9.17, 15) is 9.59 Å². The molecule has 1 saturated carbocycles. The molecule has 1 aliphatic rings. The van der Waals surface area contributed by atoms with Crippen LogP contribution in [0.4, 0.5) is 5.69 Å². The fraction of sp³-hybridized carbons (Fsp3) is 0.556. The van der Waals surface area contributed by atoms with E-state index < -0.39 is 0 Å². The van der Waals surface area contributed by atoms with Crippen LogP contribution in [0.5, 0.6) is 0 Å². The van der Waals surface area contributed by atoms with Crippen molar-refractivity contribution in [1.29, 1.82) is 0 Å². The summed E-state index contributed by atoms with van der Waals surface area (Å²) in [4.78, 5) is 24.4. The molecule has 0 saturated heterocycles. The molecule has 0 radical (unpaired) electrons. The largest absolute Gasteiger partial charge is 0.352 e. The smallest absolute Gasteiger partial charge is 0.241 e. The van der Waals surface area contributed by atoms with Gasteiger partial charge in [-0.15, -0.1) is 0 Å². The molecule has 0 aliphatic heterocycles. The fourth-order valence-electron chi connectivity index (χ4n) is 3.20. The van der Waals surface area contributed by atoms with Crippen molar-refractivity contribution in [2.45, 2.75) is 58.7 Å². The molecule has 2 aromatic heterocycles. The van der Waals surface area contributed by atoms with E-state index in [2.05, 4.69) is 20.8 Å². The Balaban J connectivity index is 1.47. The number of hydrogen-bond donors (Lipinski definition) is 2. The number of carbonyl (C=O) groups is 2. The van der Waals surface area contributed by atoms with Crippen molar-refractivity contribution in [3.63, 3.8) is 0 Å². The fourth-order valence-corrected chi connectivity index (χ4v) is 3.20. The van der Waals surface area contributed by atoms with Gasteiger partial charge in [-0.1, -0.05) is 19.8 Å². The van der Waals surface area contributed by atoms with Crippen LogP contribution < -0.4 is 10.6 Å². The van der Waals surface area contributed by atoms with Crippen LogP contribution in [-0.4, -0.2) is 37.4 Å². The van der Waals surface area contributed by atoms with Gasteiger partial charge in [-0.3, -0.25) is 19.0 Å². The maximum Gasteiger partial charge on any atom is 0.241 e. The maximum absolute atomic E-state index is 12.3. The van der Waals surface area contributed by atoms with Gasteiger partial charge in [-0.25, -0.2) is 0 Å². The number of nitrogens with zero attached hydrogens (tertiary/aromatic N) is 4. The molecule has 1 fully saturated rings.